The lowest BCUT2D eigenvalue weighted by Gasteiger charge is -2.46. The molecule has 4 heteroatoms. The predicted octanol–water partition coefficient (Wildman–Crippen LogP) is 4.68. The average Bonchev–Trinajstić information content (AvgIpc) is 2.58. The molecule has 1 aliphatic rings. The SMILES string of the molecule is CC(C)(O)C1CCCCN1C(c1ccc(F)cc1)c1ccc(F)cc1. The number of benzene rings is 2. The Balaban J connectivity index is 2.06. The molecule has 1 aliphatic heterocycles. The van der Waals surface area contributed by atoms with Crippen LogP contribution in [0.2, 0.25) is 0 Å². The van der Waals surface area contributed by atoms with Crippen LogP contribution < -0.4 is 0 Å². The van der Waals surface area contributed by atoms with Crippen molar-refractivity contribution in [2.45, 2.75) is 50.8 Å². The van der Waals surface area contributed by atoms with E-state index in [-0.39, 0.29) is 23.7 Å². The third-order valence-corrected chi connectivity index (χ3v) is 5.06. The smallest absolute Gasteiger partial charge is 0.123 e. The highest BCUT2D eigenvalue weighted by Gasteiger charge is 2.38. The molecule has 2 aromatic carbocycles. The number of hydrogen-bond acceptors (Lipinski definition) is 2. The average molecular weight is 345 g/mol. The van der Waals surface area contributed by atoms with Gasteiger partial charge in [0, 0.05) is 6.04 Å². The van der Waals surface area contributed by atoms with Crippen molar-refractivity contribution in [1.82, 2.24) is 4.90 Å². The maximum absolute atomic E-state index is 13.4. The Bertz CT molecular complexity index is 646. The fraction of sp³-hybridized carbons (Fsp3) is 0.429. The molecule has 0 saturated carbocycles. The largest absolute Gasteiger partial charge is 0.389 e. The van der Waals surface area contributed by atoms with Crippen molar-refractivity contribution in [3.05, 3.63) is 71.3 Å². The molecule has 1 unspecified atom stereocenters. The Morgan fingerprint density at radius 2 is 1.40 bits per heavy atom. The van der Waals surface area contributed by atoms with Crippen molar-refractivity contribution in [2.75, 3.05) is 6.54 Å². The van der Waals surface area contributed by atoms with Crippen molar-refractivity contribution in [3.8, 4) is 0 Å². The maximum atomic E-state index is 13.4. The molecule has 1 atom stereocenters. The minimum atomic E-state index is -0.848. The second-order valence-corrected chi connectivity index (χ2v) is 7.41. The molecular formula is C21H25F2NO. The summed E-state index contributed by atoms with van der Waals surface area (Å²) in [7, 11) is 0. The molecular weight excluding hydrogens is 320 g/mol. The second kappa shape index (κ2) is 7.22. The number of hydrogen-bond donors (Lipinski definition) is 1. The summed E-state index contributed by atoms with van der Waals surface area (Å²) in [6, 6.07) is 12.8. The summed E-state index contributed by atoms with van der Waals surface area (Å²) < 4.78 is 26.8. The summed E-state index contributed by atoms with van der Waals surface area (Å²) in [6.45, 7) is 4.51. The molecule has 0 aromatic heterocycles. The molecule has 1 heterocycles. The zero-order chi connectivity index (χ0) is 18.0. The summed E-state index contributed by atoms with van der Waals surface area (Å²) in [4.78, 5) is 2.28. The van der Waals surface area contributed by atoms with Gasteiger partial charge in [0.15, 0.2) is 0 Å². The molecule has 0 spiro atoms. The van der Waals surface area contributed by atoms with E-state index in [0.717, 1.165) is 36.9 Å². The third kappa shape index (κ3) is 4.07. The van der Waals surface area contributed by atoms with Crippen LogP contribution in [0.5, 0.6) is 0 Å². The van der Waals surface area contributed by atoms with Gasteiger partial charge < -0.3 is 5.11 Å². The van der Waals surface area contributed by atoms with E-state index in [0.29, 0.717) is 0 Å². The van der Waals surface area contributed by atoms with Crippen LogP contribution in [0.25, 0.3) is 0 Å². The van der Waals surface area contributed by atoms with Crippen LogP contribution in [0.3, 0.4) is 0 Å². The van der Waals surface area contributed by atoms with Crippen LogP contribution in [0, 0.1) is 11.6 Å². The van der Waals surface area contributed by atoms with Crippen molar-refractivity contribution >= 4 is 0 Å². The van der Waals surface area contributed by atoms with Crippen LogP contribution in [-0.2, 0) is 0 Å². The highest BCUT2D eigenvalue weighted by atomic mass is 19.1. The van der Waals surface area contributed by atoms with Crippen LogP contribution >= 0.6 is 0 Å². The standard InChI is InChI=1S/C21H25F2NO/c1-21(2,25)19-5-3-4-14-24(19)20(15-6-10-17(22)11-7-15)16-8-12-18(23)13-9-16/h6-13,19-20,25H,3-5,14H2,1-2H3. The monoisotopic (exact) mass is 345 g/mol. The van der Waals surface area contributed by atoms with Gasteiger partial charge in [-0.15, -0.1) is 0 Å². The molecule has 2 nitrogen and oxygen atoms in total. The van der Waals surface area contributed by atoms with Crippen LogP contribution in [0.4, 0.5) is 8.78 Å². The van der Waals surface area contributed by atoms with E-state index in [4.69, 9.17) is 0 Å². The Kier molecular flexibility index (Phi) is 5.21. The summed E-state index contributed by atoms with van der Waals surface area (Å²) in [5.41, 5.74) is 1.05. The van der Waals surface area contributed by atoms with Gasteiger partial charge >= 0.3 is 0 Å². The molecule has 25 heavy (non-hydrogen) atoms. The number of aliphatic hydroxyl groups is 1. The molecule has 1 fully saturated rings. The van der Waals surface area contributed by atoms with E-state index >= 15 is 0 Å². The molecule has 3 rings (SSSR count). The minimum Gasteiger partial charge on any atom is -0.389 e. The first-order valence-electron chi connectivity index (χ1n) is 8.85. The highest BCUT2D eigenvalue weighted by molar-refractivity contribution is 5.33. The quantitative estimate of drug-likeness (QED) is 0.870. The highest BCUT2D eigenvalue weighted by Crippen LogP contribution is 2.37. The van der Waals surface area contributed by atoms with E-state index in [1.165, 1.54) is 24.3 Å². The van der Waals surface area contributed by atoms with Gasteiger partial charge in [-0.2, -0.15) is 0 Å². The van der Waals surface area contributed by atoms with Crippen molar-refractivity contribution in [2.24, 2.45) is 0 Å². The molecule has 0 aliphatic carbocycles. The number of likely N-dealkylation sites (tertiary alicyclic amines) is 1. The predicted molar refractivity (Wildman–Crippen MR) is 95.3 cm³/mol. The normalized spacial score (nSPS) is 19.4. The van der Waals surface area contributed by atoms with Crippen molar-refractivity contribution in [3.63, 3.8) is 0 Å². The van der Waals surface area contributed by atoms with Crippen LogP contribution in [-0.4, -0.2) is 28.2 Å². The van der Waals surface area contributed by atoms with Gasteiger partial charge in [-0.05, 0) is 68.6 Å². The fourth-order valence-electron chi connectivity index (χ4n) is 3.89. The van der Waals surface area contributed by atoms with E-state index in [1.807, 2.05) is 13.8 Å². The summed E-state index contributed by atoms with van der Waals surface area (Å²) in [6.07, 6.45) is 3.03. The number of piperidine rings is 1. The van der Waals surface area contributed by atoms with Crippen LogP contribution in [0.1, 0.15) is 50.3 Å². The van der Waals surface area contributed by atoms with Gasteiger partial charge in [0.2, 0.25) is 0 Å². The lowest BCUT2D eigenvalue weighted by Crippen LogP contribution is -2.53. The minimum absolute atomic E-state index is 0.0126. The van der Waals surface area contributed by atoms with Crippen molar-refractivity contribution < 1.29 is 13.9 Å². The van der Waals surface area contributed by atoms with E-state index in [2.05, 4.69) is 4.90 Å². The van der Waals surface area contributed by atoms with Crippen LogP contribution in [0.15, 0.2) is 48.5 Å². The van der Waals surface area contributed by atoms with Gasteiger partial charge in [-0.3, -0.25) is 4.90 Å². The molecule has 0 bridgehead atoms. The number of nitrogens with zero attached hydrogens (tertiary/aromatic N) is 1. The first kappa shape index (κ1) is 18.0. The molecule has 0 amide bonds. The molecule has 2 aromatic rings. The first-order valence-corrected chi connectivity index (χ1v) is 8.85. The van der Waals surface area contributed by atoms with Crippen molar-refractivity contribution in [1.29, 1.82) is 0 Å². The number of rotatable bonds is 4. The fourth-order valence-corrected chi connectivity index (χ4v) is 3.89. The molecule has 1 saturated heterocycles. The lowest BCUT2D eigenvalue weighted by atomic mass is 9.85. The Hall–Kier alpha value is -1.78. The zero-order valence-electron chi connectivity index (χ0n) is 14.8. The number of halogens is 2. The van der Waals surface area contributed by atoms with Gasteiger partial charge in [0.05, 0.1) is 11.6 Å². The zero-order valence-corrected chi connectivity index (χ0v) is 14.8. The van der Waals surface area contributed by atoms with Gasteiger partial charge in [-0.1, -0.05) is 30.7 Å². The second-order valence-electron chi connectivity index (χ2n) is 7.41. The molecule has 1 N–H and O–H groups in total. The Labute approximate surface area is 148 Å². The van der Waals surface area contributed by atoms with E-state index < -0.39 is 5.60 Å². The van der Waals surface area contributed by atoms with E-state index in [1.54, 1.807) is 24.3 Å². The summed E-state index contributed by atoms with van der Waals surface area (Å²) in [5.74, 6) is -0.557. The van der Waals surface area contributed by atoms with Gasteiger partial charge in [0.1, 0.15) is 11.6 Å². The maximum Gasteiger partial charge on any atom is 0.123 e. The lowest BCUT2D eigenvalue weighted by molar-refractivity contribution is -0.0481. The van der Waals surface area contributed by atoms with Gasteiger partial charge in [0.25, 0.3) is 0 Å². The van der Waals surface area contributed by atoms with Gasteiger partial charge in [-0.25, -0.2) is 8.78 Å². The molecule has 134 valence electrons. The molecule has 0 radical (unpaired) electrons. The van der Waals surface area contributed by atoms with E-state index in [9.17, 15) is 13.9 Å². The summed E-state index contributed by atoms with van der Waals surface area (Å²) in [5, 5.41) is 10.7. The Morgan fingerprint density at radius 3 is 1.84 bits per heavy atom. The topological polar surface area (TPSA) is 23.5 Å². The summed E-state index contributed by atoms with van der Waals surface area (Å²) >= 11 is 0. The third-order valence-electron chi connectivity index (χ3n) is 5.06. The Morgan fingerprint density at radius 1 is 0.920 bits per heavy atom. The first-order chi connectivity index (χ1) is 11.9.